The van der Waals surface area contributed by atoms with Gasteiger partial charge in [0.2, 0.25) is 0 Å². The van der Waals surface area contributed by atoms with E-state index in [0.717, 1.165) is 31.4 Å². The predicted molar refractivity (Wildman–Crippen MR) is 84.0 cm³/mol. The van der Waals surface area contributed by atoms with Crippen molar-refractivity contribution in [2.45, 2.75) is 50.9 Å². The molecule has 1 fully saturated rings. The monoisotopic (exact) mass is 300 g/mol. The average molecular weight is 300 g/mol. The molecule has 5 heteroatoms. The Balaban J connectivity index is 1.63. The summed E-state index contributed by atoms with van der Waals surface area (Å²) in [6, 6.07) is 5.09. The fourth-order valence-electron chi connectivity index (χ4n) is 2.91. The Morgan fingerprint density at radius 1 is 1.36 bits per heavy atom. The molecule has 2 aliphatic rings. The summed E-state index contributed by atoms with van der Waals surface area (Å²) >= 11 is 0. The van der Waals surface area contributed by atoms with Gasteiger partial charge in [-0.25, -0.2) is 4.79 Å². The lowest BCUT2D eigenvalue weighted by Gasteiger charge is -2.21. The maximum atomic E-state index is 11.9. The molecule has 1 aliphatic carbocycles. The van der Waals surface area contributed by atoms with E-state index in [1.807, 2.05) is 19.1 Å². The zero-order chi connectivity index (χ0) is 15.6. The van der Waals surface area contributed by atoms with Gasteiger partial charge in [0, 0.05) is 37.1 Å². The largest absolute Gasteiger partial charge is 0.448 e. The van der Waals surface area contributed by atoms with E-state index in [4.69, 9.17) is 15.9 Å². The second kappa shape index (κ2) is 5.80. The summed E-state index contributed by atoms with van der Waals surface area (Å²) in [5.74, 6) is 3.47. The van der Waals surface area contributed by atoms with Gasteiger partial charge in [-0.15, -0.1) is 12.3 Å². The molecule has 3 rings (SSSR count). The van der Waals surface area contributed by atoms with Crippen LogP contribution in [0.1, 0.15) is 39.0 Å². The second-order valence-electron chi connectivity index (χ2n) is 5.89. The van der Waals surface area contributed by atoms with Crippen LogP contribution in [0.15, 0.2) is 18.2 Å². The van der Waals surface area contributed by atoms with Crippen molar-refractivity contribution in [2.24, 2.45) is 0 Å². The van der Waals surface area contributed by atoms with Gasteiger partial charge in [-0.2, -0.15) is 0 Å². The van der Waals surface area contributed by atoms with Crippen molar-refractivity contribution in [1.82, 2.24) is 5.32 Å². The van der Waals surface area contributed by atoms with Crippen LogP contribution in [0.5, 0.6) is 11.5 Å². The molecule has 1 unspecified atom stereocenters. The Hall–Kier alpha value is -2.35. The maximum absolute atomic E-state index is 11.9. The third-order valence-corrected chi connectivity index (χ3v) is 3.96. The Morgan fingerprint density at radius 3 is 2.82 bits per heavy atom. The predicted octanol–water partition coefficient (Wildman–Crippen LogP) is 3.26. The van der Waals surface area contributed by atoms with Crippen molar-refractivity contribution < 1.29 is 14.3 Å². The summed E-state index contributed by atoms with van der Waals surface area (Å²) in [7, 11) is 0. The van der Waals surface area contributed by atoms with Gasteiger partial charge >= 0.3 is 6.03 Å². The molecule has 1 heterocycles. The van der Waals surface area contributed by atoms with Gasteiger partial charge < -0.3 is 20.1 Å². The van der Waals surface area contributed by atoms with Gasteiger partial charge in [-0.3, -0.25) is 0 Å². The number of carbonyl (C=O) groups excluding carboxylic acids is 1. The van der Waals surface area contributed by atoms with Crippen molar-refractivity contribution >= 4 is 11.7 Å². The standard InChI is InChI=1S/C17H20N2O3/c1-3-6-12(2)18-16(20)19-13-7-8-14-15(11-13)22-17(21-14)9-4-5-10-17/h1,7-8,11-12H,4-6,9-10H2,2H3,(H2,18,19,20). The first-order valence-corrected chi connectivity index (χ1v) is 7.63. The molecule has 1 aromatic rings. The highest BCUT2D eigenvalue weighted by molar-refractivity contribution is 5.89. The van der Waals surface area contributed by atoms with Crippen molar-refractivity contribution in [3.8, 4) is 23.8 Å². The first-order valence-electron chi connectivity index (χ1n) is 7.63. The zero-order valence-electron chi connectivity index (χ0n) is 12.6. The molecular formula is C17H20N2O3. The highest BCUT2D eigenvalue weighted by Gasteiger charge is 2.44. The number of ether oxygens (including phenoxy) is 2. The number of urea groups is 1. The van der Waals surface area contributed by atoms with Crippen LogP contribution in [0, 0.1) is 12.3 Å². The van der Waals surface area contributed by atoms with E-state index in [0.29, 0.717) is 17.9 Å². The first-order chi connectivity index (χ1) is 10.6. The number of anilines is 1. The lowest BCUT2D eigenvalue weighted by atomic mass is 10.2. The van der Waals surface area contributed by atoms with Crippen LogP contribution in [0.3, 0.4) is 0 Å². The van der Waals surface area contributed by atoms with Gasteiger partial charge in [-0.1, -0.05) is 0 Å². The van der Waals surface area contributed by atoms with E-state index >= 15 is 0 Å². The Labute approximate surface area is 130 Å². The van der Waals surface area contributed by atoms with Crippen LogP contribution in [-0.4, -0.2) is 17.9 Å². The number of fused-ring (bicyclic) bond motifs is 1. The van der Waals surface area contributed by atoms with Gasteiger partial charge in [-0.05, 0) is 31.9 Å². The molecule has 1 spiro atoms. The van der Waals surface area contributed by atoms with Gasteiger partial charge in [0.25, 0.3) is 5.79 Å². The van der Waals surface area contributed by atoms with Gasteiger partial charge in [0.1, 0.15) is 0 Å². The number of terminal acetylenes is 1. The van der Waals surface area contributed by atoms with E-state index in [2.05, 4.69) is 16.6 Å². The molecule has 0 bridgehead atoms. The molecule has 116 valence electrons. The molecule has 0 saturated heterocycles. The van der Waals surface area contributed by atoms with Crippen molar-refractivity contribution in [2.75, 3.05) is 5.32 Å². The van der Waals surface area contributed by atoms with Gasteiger partial charge in [0.15, 0.2) is 11.5 Å². The maximum Gasteiger partial charge on any atom is 0.319 e. The minimum atomic E-state index is -0.482. The SMILES string of the molecule is C#CCC(C)NC(=O)Nc1ccc2c(c1)OC1(CCCC1)O2. The quantitative estimate of drug-likeness (QED) is 0.842. The molecule has 1 aliphatic heterocycles. The summed E-state index contributed by atoms with van der Waals surface area (Å²) in [4.78, 5) is 11.9. The highest BCUT2D eigenvalue weighted by atomic mass is 16.7. The Bertz CT molecular complexity index is 615. The third-order valence-electron chi connectivity index (χ3n) is 3.96. The van der Waals surface area contributed by atoms with E-state index in [9.17, 15) is 4.79 Å². The van der Waals surface area contributed by atoms with Crippen LogP contribution in [-0.2, 0) is 0 Å². The number of carbonyl (C=O) groups is 1. The topological polar surface area (TPSA) is 59.6 Å². The van der Waals surface area contributed by atoms with Crippen LogP contribution in [0.4, 0.5) is 10.5 Å². The molecule has 2 N–H and O–H groups in total. The summed E-state index contributed by atoms with van der Waals surface area (Å²) in [6.07, 6.45) is 9.78. The minimum Gasteiger partial charge on any atom is -0.448 e. The number of amides is 2. The van der Waals surface area contributed by atoms with Crippen LogP contribution in [0.25, 0.3) is 0 Å². The van der Waals surface area contributed by atoms with Crippen molar-refractivity contribution in [3.63, 3.8) is 0 Å². The lowest BCUT2D eigenvalue weighted by molar-refractivity contribution is -0.0716. The highest BCUT2D eigenvalue weighted by Crippen LogP contribution is 2.47. The average Bonchev–Trinajstić information content (AvgIpc) is 3.05. The number of hydrogen-bond donors (Lipinski definition) is 2. The summed E-state index contributed by atoms with van der Waals surface area (Å²) < 4.78 is 11.9. The fourth-order valence-corrected chi connectivity index (χ4v) is 2.91. The van der Waals surface area contributed by atoms with E-state index in [1.165, 1.54) is 0 Å². The van der Waals surface area contributed by atoms with Crippen molar-refractivity contribution in [3.05, 3.63) is 18.2 Å². The summed E-state index contributed by atoms with van der Waals surface area (Å²) in [6.45, 7) is 1.86. The summed E-state index contributed by atoms with van der Waals surface area (Å²) in [5.41, 5.74) is 0.669. The molecular weight excluding hydrogens is 280 g/mol. The number of rotatable bonds is 3. The molecule has 5 nitrogen and oxygen atoms in total. The number of benzene rings is 1. The zero-order valence-corrected chi connectivity index (χ0v) is 12.6. The Morgan fingerprint density at radius 2 is 2.09 bits per heavy atom. The smallest absolute Gasteiger partial charge is 0.319 e. The number of nitrogens with one attached hydrogen (secondary N) is 2. The van der Waals surface area contributed by atoms with Crippen LogP contribution in [0.2, 0.25) is 0 Å². The molecule has 1 atom stereocenters. The van der Waals surface area contributed by atoms with Crippen molar-refractivity contribution in [1.29, 1.82) is 0 Å². The number of hydrogen-bond acceptors (Lipinski definition) is 3. The fraction of sp³-hybridized carbons (Fsp3) is 0.471. The first kappa shape index (κ1) is 14.6. The summed E-state index contributed by atoms with van der Waals surface area (Å²) in [5, 5.41) is 5.57. The lowest BCUT2D eigenvalue weighted by Crippen LogP contribution is -2.35. The molecule has 1 saturated carbocycles. The van der Waals surface area contributed by atoms with E-state index < -0.39 is 5.79 Å². The third kappa shape index (κ3) is 2.96. The minimum absolute atomic E-state index is 0.0687. The second-order valence-corrected chi connectivity index (χ2v) is 5.89. The molecule has 0 aromatic heterocycles. The van der Waals surface area contributed by atoms with E-state index in [-0.39, 0.29) is 12.1 Å². The molecule has 0 radical (unpaired) electrons. The molecule has 2 amide bonds. The van der Waals surface area contributed by atoms with E-state index in [1.54, 1.807) is 6.07 Å². The molecule has 1 aromatic carbocycles. The van der Waals surface area contributed by atoms with Crippen LogP contribution >= 0.6 is 0 Å². The Kier molecular flexibility index (Phi) is 3.84. The van der Waals surface area contributed by atoms with Crippen LogP contribution < -0.4 is 20.1 Å². The normalized spacial score (nSPS) is 18.7. The molecule has 22 heavy (non-hydrogen) atoms. The van der Waals surface area contributed by atoms with Gasteiger partial charge in [0.05, 0.1) is 0 Å².